The molecule has 2 aliphatic heterocycles. The van der Waals surface area contributed by atoms with Crippen molar-refractivity contribution in [1.82, 2.24) is 3.97 Å². The van der Waals surface area contributed by atoms with Gasteiger partial charge in [0, 0.05) is 27.1 Å². The highest BCUT2D eigenvalue weighted by Gasteiger charge is 2.32. The van der Waals surface area contributed by atoms with E-state index in [0.717, 1.165) is 28.7 Å². The quantitative estimate of drug-likeness (QED) is 0.565. The molecule has 2 aromatic rings. The first-order valence-electron chi connectivity index (χ1n) is 8.08. The number of carbonyl (C=O) groups is 1. The molecule has 0 N–H and O–H groups in total. The molecule has 146 valence electrons. The van der Waals surface area contributed by atoms with Crippen LogP contribution in [0.1, 0.15) is 12.5 Å². The highest BCUT2D eigenvalue weighted by Crippen LogP contribution is 2.60. The Morgan fingerprint density at radius 3 is 2.07 bits per heavy atom. The lowest BCUT2D eigenvalue weighted by Gasteiger charge is -2.07. The molecule has 0 saturated carbocycles. The van der Waals surface area contributed by atoms with E-state index < -0.39 is 10.0 Å². The van der Waals surface area contributed by atoms with Gasteiger partial charge in [0.25, 0.3) is 10.0 Å². The van der Waals surface area contributed by atoms with Gasteiger partial charge in [0.05, 0.1) is 20.5 Å². The molecule has 5 nitrogen and oxygen atoms in total. The molecule has 0 spiro atoms. The topological polar surface area (TPSA) is 65.4 Å². The first-order valence-corrected chi connectivity index (χ1v) is 12.8. The molecule has 10 heteroatoms. The summed E-state index contributed by atoms with van der Waals surface area (Å²) < 4.78 is 33.9. The van der Waals surface area contributed by atoms with Gasteiger partial charge in [-0.15, -0.1) is 0 Å². The van der Waals surface area contributed by atoms with Gasteiger partial charge in [-0.1, -0.05) is 64.7 Å². The van der Waals surface area contributed by atoms with Crippen LogP contribution in [0.2, 0.25) is 0 Å². The van der Waals surface area contributed by atoms with E-state index in [4.69, 9.17) is 4.74 Å². The molecule has 1 aromatic carbocycles. The van der Waals surface area contributed by atoms with Crippen molar-refractivity contribution in [3.05, 3.63) is 60.5 Å². The highest BCUT2D eigenvalue weighted by molar-refractivity contribution is 8.33. The van der Waals surface area contributed by atoms with Gasteiger partial charge in [-0.25, -0.2) is 17.2 Å². The van der Waals surface area contributed by atoms with E-state index in [-0.39, 0.29) is 10.9 Å². The van der Waals surface area contributed by atoms with Gasteiger partial charge in [0.15, 0.2) is 0 Å². The summed E-state index contributed by atoms with van der Waals surface area (Å²) in [4.78, 5) is 15.4. The van der Waals surface area contributed by atoms with E-state index >= 15 is 0 Å². The molecule has 0 bridgehead atoms. The number of carbonyl (C=O) groups excluding carboxylic acids is 1. The lowest BCUT2D eigenvalue weighted by Crippen LogP contribution is -2.10. The van der Waals surface area contributed by atoms with Crippen molar-refractivity contribution in [2.45, 2.75) is 28.5 Å². The van der Waals surface area contributed by atoms with Gasteiger partial charge in [0.1, 0.15) is 4.91 Å². The second-order valence-electron chi connectivity index (χ2n) is 5.99. The predicted molar refractivity (Wildman–Crippen MR) is 117 cm³/mol. The van der Waals surface area contributed by atoms with Crippen molar-refractivity contribution >= 4 is 63.0 Å². The number of aromatic nitrogens is 1. The number of methoxy groups -OCH3 is 1. The minimum atomic E-state index is -3.61. The fraction of sp³-hybridized carbons (Fsp3) is 0.167. The van der Waals surface area contributed by atoms with E-state index in [1.165, 1.54) is 46.4 Å². The lowest BCUT2D eigenvalue weighted by atomic mass is 10.2. The first-order chi connectivity index (χ1) is 13.3. The zero-order valence-corrected chi connectivity index (χ0v) is 19.2. The summed E-state index contributed by atoms with van der Waals surface area (Å²) in [5, 5.41) is 0. The van der Waals surface area contributed by atoms with E-state index in [1.54, 1.807) is 48.4 Å². The fourth-order valence-electron chi connectivity index (χ4n) is 2.56. The maximum atomic E-state index is 12.8. The molecule has 0 amide bonds. The van der Waals surface area contributed by atoms with Gasteiger partial charge >= 0.3 is 5.97 Å². The van der Waals surface area contributed by atoms with Crippen molar-refractivity contribution in [3.63, 3.8) is 0 Å². The molecule has 0 atom stereocenters. The number of aryl methyl sites for hydroxylation is 1. The first kappa shape index (κ1) is 20.1. The standard InChI is InChI=1S/C18H15NO4S5/c1-10-4-6-12(7-5-10)28(21,22)19-8-13-14(9-19)26-18(25-13)17-24-11(2)15(27-17)16(20)23-3/h4-9H,1-3H3. The minimum Gasteiger partial charge on any atom is -0.465 e. The number of thioether (sulfide) groups is 4. The van der Waals surface area contributed by atoms with Crippen molar-refractivity contribution in [2.75, 3.05) is 7.11 Å². The number of benzene rings is 1. The van der Waals surface area contributed by atoms with E-state index in [2.05, 4.69) is 0 Å². The number of hydrogen-bond donors (Lipinski definition) is 0. The van der Waals surface area contributed by atoms with Crippen molar-refractivity contribution < 1.29 is 17.9 Å². The van der Waals surface area contributed by atoms with Crippen LogP contribution in [0, 0.1) is 6.92 Å². The predicted octanol–water partition coefficient (Wildman–Crippen LogP) is 5.24. The number of fused-ring (bicyclic) bond motifs is 1. The summed E-state index contributed by atoms with van der Waals surface area (Å²) in [5.74, 6) is -0.326. The van der Waals surface area contributed by atoms with Crippen LogP contribution in [0.25, 0.3) is 0 Å². The number of rotatable bonds is 3. The second-order valence-corrected chi connectivity index (χ2v) is 12.7. The van der Waals surface area contributed by atoms with Crippen LogP contribution in [0.3, 0.4) is 0 Å². The number of nitrogens with zero attached hydrogens (tertiary/aromatic N) is 1. The Kier molecular flexibility index (Phi) is 5.43. The minimum absolute atomic E-state index is 0.268. The second kappa shape index (κ2) is 7.56. The molecule has 28 heavy (non-hydrogen) atoms. The Morgan fingerprint density at radius 2 is 1.50 bits per heavy atom. The van der Waals surface area contributed by atoms with Crippen LogP contribution >= 0.6 is 47.0 Å². The van der Waals surface area contributed by atoms with Crippen LogP contribution < -0.4 is 0 Å². The maximum Gasteiger partial charge on any atom is 0.345 e. The Hall–Kier alpha value is -1.20. The zero-order chi connectivity index (χ0) is 20.1. The van der Waals surface area contributed by atoms with Crippen LogP contribution in [-0.2, 0) is 19.6 Å². The van der Waals surface area contributed by atoms with Crippen LogP contribution in [0.4, 0.5) is 0 Å². The third-order valence-electron chi connectivity index (χ3n) is 4.03. The fourth-order valence-corrected chi connectivity index (χ4v) is 9.22. The molecule has 2 aliphatic rings. The van der Waals surface area contributed by atoms with Crippen LogP contribution in [-0.4, -0.2) is 25.5 Å². The Bertz CT molecular complexity index is 1120. The Balaban J connectivity index is 1.57. The third kappa shape index (κ3) is 3.56. The summed E-state index contributed by atoms with van der Waals surface area (Å²) in [6, 6.07) is 6.83. The molecule has 4 rings (SSSR count). The van der Waals surface area contributed by atoms with Gasteiger partial charge in [-0.3, -0.25) is 0 Å². The number of ether oxygens (including phenoxy) is 1. The van der Waals surface area contributed by atoms with Gasteiger partial charge < -0.3 is 4.74 Å². The molecular weight excluding hydrogens is 455 g/mol. The third-order valence-corrected chi connectivity index (χ3v) is 11.3. The lowest BCUT2D eigenvalue weighted by molar-refractivity contribution is -0.135. The smallest absolute Gasteiger partial charge is 0.345 e. The van der Waals surface area contributed by atoms with Gasteiger partial charge in [0.2, 0.25) is 0 Å². The van der Waals surface area contributed by atoms with Crippen LogP contribution in [0.5, 0.6) is 0 Å². The monoisotopic (exact) mass is 469 g/mol. The number of hydrogen-bond acceptors (Lipinski definition) is 8. The Morgan fingerprint density at radius 1 is 0.929 bits per heavy atom. The summed E-state index contributed by atoms with van der Waals surface area (Å²) in [6.07, 6.45) is 3.31. The van der Waals surface area contributed by atoms with E-state index in [1.807, 2.05) is 13.8 Å². The normalized spacial score (nSPS) is 16.7. The number of esters is 1. The highest BCUT2D eigenvalue weighted by atomic mass is 32.2. The van der Waals surface area contributed by atoms with Gasteiger partial charge in [-0.05, 0) is 26.0 Å². The average Bonchev–Trinajstić information content (AvgIpc) is 3.34. The largest absolute Gasteiger partial charge is 0.465 e. The summed E-state index contributed by atoms with van der Waals surface area (Å²) in [5.41, 5.74) is 1.01. The zero-order valence-electron chi connectivity index (χ0n) is 15.1. The Labute approximate surface area is 180 Å². The summed E-state index contributed by atoms with van der Waals surface area (Å²) >= 11 is 6.02. The molecule has 0 radical (unpaired) electrons. The van der Waals surface area contributed by atoms with Crippen LogP contribution in [0.15, 0.2) is 69.6 Å². The molecule has 3 heterocycles. The number of allylic oxidation sites excluding steroid dienone is 1. The molecule has 1 aromatic heterocycles. The van der Waals surface area contributed by atoms with Crippen molar-refractivity contribution in [1.29, 1.82) is 0 Å². The molecule has 0 aliphatic carbocycles. The summed E-state index contributed by atoms with van der Waals surface area (Å²) in [6.45, 7) is 3.82. The molecule has 0 saturated heterocycles. The van der Waals surface area contributed by atoms with Gasteiger partial charge in [-0.2, -0.15) is 0 Å². The maximum absolute atomic E-state index is 12.8. The molecule has 0 unspecified atom stereocenters. The van der Waals surface area contributed by atoms with E-state index in [0.29, 0.717) is 4.91 Å². The average molecular weight is 470 g/mol. The van der Waals surface area contributed by atoms with E-state index in [9.17, 15) is 13.2 Å². The molecule has 0 fully saturated rings. The summed E-state index contributed by atoms with van der Waals surface area (Å²) in [7, 11) is -2.23. The van der Waals surface area contributed by atoms with Crippen molar-refractivity contribution in [2.24, 2.45) is 0 Å². The van der Waals surface area contributed by atoms with Crippen molar-refractivity contribution in [3.8, 4) is 0 Å². The molecular formula is C18H15NO4S5. The SMILES string of the molecule is COC(=O)C1=C(C)SC(=C2Sc3cn(S(=O)(=O)c4ccc(C)cc4)cc3S2)S1.